The molecule has 0 radical (unpaired) electrons. The molecule has 1 heterocycles. The van der Waals surface area contributed by atoms with Gasteiger partial charge in [-0.2, -0.15) is 0 Å². The molecule has 1 saturated heterocycles. The summed E-state index contributed by atoms with van der Waals surface area (Å²) in [5.74, 6) is 0. The summed E-state index contributed by atoms with van der Waals surface area (Å²) in [4.78, 5) is 0. The van der Waals surface area contributed by atoms with Crippen molar-refractivity contribution in [3.8, 4) is 0 Å². The summed E-state index contributed by atoms with van der Waals surface area (Å²) in [6.45, 7) is 1.86. The van der Waals surface area contributed by atoms with Crippen LogP contribution in [0.3, 0.4) is 0 Å². The maximum atomic E-state index is 6.19. The molecule has 1 N–H and O–H groups in total. The third kappa shape index (κ3) is 2.98. The lowest BCUT2D eigenvalue weighted by Gasteiger charge is -2.32. The number of nitrogens with one attached hydrogen (secondary N) is 1. The fourth-order valence-electron chi connectivity index (χ4n) is 2.17. The predicted octanol–water partition coefficient (Wildman–Crippen LogP) is 3.42. The summed E-state index contributed by atoms with van der Waals surface area (Å²) in [6.07, 6.45) is 0.270. The second-order valence-electron chi connectivity index (χ2n) is 4.76. The van der Waals surface area contributed by atoms with Crippen LogP contribution in [0.15, 0.2) is 54.6 Å². The highest BCUT2D eigenvalue weighted by Gasteiger charge is 2.24. The van der Waals surface area contributed by atoms with E-state index in [1.807, 2.05) is 42.5 Å². The average Bonchev–Trinajstić information content (AvgIpc) is 2.40. The minimum Gasteiger partial charge on any atom is -0.363 e. The van der Waals surface area contributed by atoms with E-state index in [1.165, 1.54) is 5.56 Å². The van der Waals surface area contributed by atoms with Gasteiger partial charge in [0.15, 0.2) is 0 Å². The van der Waals surface area contributed by atoms with Gasteiger partial charge in [-0.3, -0.25) is 0 Å². The van der Waals surface area contributed by atoms with Gasteiger partial charge in [0, 0.05) is 18.1 Å². The van der Waals surface area contributed by atoms with Crippen LogP contribution < -0.4 is 5.32 Å². The molecule has 1 fully saturated rings. The lowest BCUT2D eigenvalue weighted by atomic mass is 10.0. The summed E-state index contributed by atoms with van der Waals surface area (Å²) in [5.41, 5.74) is 2.32. The Kier molecular flexibility index (Phi) is 3.83. The Hall–Kier alpha value is -1.35. The van der Waals surface area contributed by atoms with E-state index in [0.29, 0.717) is 6.10 Å². The minimum absolute atomic E-state index is 0.0226. The van der Waals surface area contributed by atoms with Gasteiger partial charge < -0.3 is 10.1 Å². The second-order valence-corrected chi connectivity index (χ2v) is 5.20. The van der Waals surface area contributed by atoms with Crippen LogP contribution in [0.4, 0.5) is 0 Å². The molecular formula is C16H16ClNO. The Balaban J connectivity index is 1.88. The van der Waals surface area contributed by atoms with E-state index >= 15 is 0 Å². The highest BCUT2D eigenvalue weighted by atomic mass is 35.5. The topological polar surface area (TPSA) is 21.3 Å². The summed E-state index contributed by atoms with van der Waals surface area (Å²) >= 11 is 5.96. The number of halogens is 1. The van der Waals surface area contributed by atoms with Gasteiger partial charge >= 0.3 is 0 Å². The molecule has 2 nitrogen and oxygen atoms in total. The third-order valence-corrected chi connectivity index (χ3v) is 3.60. The van der Waals surface area contributed by atoms with Gasteiger partial charge in [-0.25, -0.2) is 0 Å². The minimum atomic E-state index is -0.0226. The molecule has 1 aliphatic rings. The van der Waals surface area contributed by atoms with Gasteiger partial charge in [0.1, 0.15) is 6.10 Å². The van der Waals surface area contributed by atoms with E-state index in [-0.39, 0.29) is 6.10 Å². The van der Waals surface area contributed by atoms with E-state index in [0.717, 1.165) is 23.7 Å². The van der Waals surface area contributed by atoms with Crippen LogP contribution in [0.1, 0.15) is 17.2 Å². The zero-order valence-corrected chi connectivity index (χ0v) is 11.3. The Labute approximate surface area is 118 Å². The standard InChI is InChI=1S/C16H16ClNO/c17-14-8-6-13(7-9-14)16(19-15-10-18-11-15)12-4-2-1-3-5-12/h1-9,15-16,18H,10-11H2. The van der Waals surface area contributed by atoms with Crippen LogP contribution in [0.5, 0.6) is 0 Å². The van der Waals surface area contributed by atoms with Gasteiger partial charge in [0.2, 0.25) is 0 Å². The molecule has 0 aliphatic carbocycles. The van der Waals surface area contributed by atoms with E-state index in [2.05, 4.69) is 17.4 Å². The van der Waals surface area contributed by atoms with Crippen molar-refractivity contribution in [3.63, 3.8) is 0 Å². The molecule has 1 aliphatic heterocycles. The first-order valence-electron chi connectivity index (χ1n) is 6.49. The first kappa shape index (κ1) is 12.7. The van der Waals surface area contributed by atoms with E-state index in [4.69, 9.17) is 16.3 Å². The van der Waals surface area contributed by atoms with Gasteiger partial charge in [0.25, 0.3) is 0 Å². The Bertz CT molecular complexity index is 522. The van der Waals surface area contributed by atoms with E-state index in [9.17, 15) is 0 Å². The van der Waals surface area contributed by atoms with Crippen molar-refractivity contribution in [1.82, 2.24) is 5.32 Å². The number of hydrogen-bond donors (Lipinski definition) is 1. The Morgan fingerprint density at radius 1 is 0.947 bits per heavy atom. The highest BCUT2D eigenvalue weighted by molar-refractivity contribution is 6.30. The summed E-state index contributed by atoms with van der Waals surface area (Å²) in [5, 5.41) is 3.98. The first-order chi connectivity index (χ1) is 9.33. The molecule has 3 rings (SSSR count). The number of rotatable bonds is 4. The number of hydrogen-bond acceptors (Lipinski definition) is 2. The second kappa shape index (κ2) is 5.74. The van der Waals surface area contributed by atoms with Crippen molar-refractivity contribution in [1.29, 1.82) is 0 Å². The van der Waals surface area contributed by atoms with E-state index in [1.54, 1.807) is 0 Å². The molecule has 0 spiro atoms. The molecule has 1 atom stereocenters. The van der Waals surface area contributed by atoms with Crippen LogP contribution in [-0.2, 0) is 4.74 Å². The van der Waals surface area contributed by atoms with Crippen molar-refractivity contribution in [2.75, 3.05) is 13.1 Å². The third-order valence-electron chi connectivity index (χ3n) is 3.35. The normalized spacial score (nSPS) is 16.9. The predicted molar refractivity (Wildman–Crippen MR) is 77.5 cm³/mol. The summed E-state index contributed by atoms with van der Waals surface area (Å²) in [6, 6.07) is 18.2. The molecule has 2 aromatic rings. The van der Waals surface area contributed by atoms with Gasteiger partial charge in [-0.1, -0.05) is 54.1 Å². The molecule has 3 heteroatoms. The van der Waals surface area contributed by atoms with Crippen LogP contribution >= 0.6 is 11.6 Å². The van der Waals surface area contributed by atoms with Crippen LogP contribution in [0.25, 0.3) is 0 Å². The Morgan fingerprint density at radius 3 is 2.16 bits per heavy atom. The molecule has 1 unspecified atom stereocenters. The van der Waals surface area contributed by atoms with Gasteiger partial charge in [0.05, 0.1) is 6.10 Å². The number of ether oxygens (including phenoxy) is 1. The van der Waals surface area contributed by atoms with Crippen molar-refractivity contribution >= 4 is 11.6 Å². The van der Waals surface area contributed by atoms with E-state index < -0.39 is 0 Å². The molecule has 0 bridgehead atoms. The zero-order valence-electron chi connectivity index (χ0n) is 10.6. The maximum Gasteiger partial charge on any atom is 0.108 e. The molecule has 0 saturated carbocycles. The lowest BCUT2D eigenvalue weighted by Crippen LogP contribution is -2.49. The van der Waals surface area contributed by atoms with Crippen LogP contribution in [-0.4, -0.2) is 19.2 Å². The molecule has 2 aromatic carbocycles. The quantitative estimate of drug-likeness (QED) is 0.922. The molecule has 0 amide bonds. The fourth-order valence-corrected chi connectivity index (χ4v) is 2.29. The molecule has 98 valence electrons. The zero-order chi connectivity index (χ0) is 13.1. The summed E-state index contributed by atoms with van der Waals surface area (Å²) in [7, 11) is 0. The smallest absolute Gasteiger partial charge is 0.108 e. The fraction of sp³-hybridized carbons (Fsp3) is 0.250. The Morgan fingerprint density at radius 2 is 1.58 bits per heavy atom. The lowest BCUT2D eigenvalue weighted by molar-refractivity contribution is -0.0202. The maximum absolute atomic E-state index is 6.19. The molecule has 19 heavy (non-hydrogen) atoms. The van der Waals surface area contributed by atoms with Gasteiger partial charge in [-0.15, -0.1) is 0 Å². The summed E-state index contributed by atoms with van der Waals surface area (Å²) < 4.78 is 6.19. The largest absolute Gasteiger partial charge is 0.363 e. The first-order valence-corrected chi connectivity index (χ1v) is 6.87. The van der Waals surface area contributed by atoms with Crippen molar-refractivity contribution < 1.29 is 4.74 Å². The van der Waals surface area contributed by atoms with Gasteiger partial charge in [-0.05, 0) is 23.3 Å². The monoisotopic (exact) mass is 273 g/mol. The van der Waals surface area contributed by atoms with Crippen molar-refractivity contribution in [3.05, 3.63) is 70.7 Å². The SMILES string of the molecule is Clc1ccc(C(OC2CNC2)c2ccccc2)cc1. The van der Waals surface area contributed by atoms with Crippen LogP contribution in [0, 0.1) is 0 Å². The van der Waals surface area contributed by atoms with Crippen molar-refractivity contribution in [2.24, 2.45) is 0 Å². The highest BCUT2D eigenvalue weighted by Crippen LogP contribution is 2.28. The van der Waals surface area contributed by atoms with Crippen LogP contribution in [0.2, 0.25) is 5.02 Å². The average molecular weight is 274 g/mol. The van der Waals surface area contributed by atoms with Crippen molar-refractivity contribution in [2.45, 2.75) is 12.2 Å². The molecular weight excluding hydrogens is 258 g/mol. The number of benzene rings is 2. The molecule has 0 aromatic heterocycles.